The van der Waals surface area contributed by atoms with Gasteiger partial charge in [-0.05, 0) is 31.6 Å². The molecule has 4 nitrogen and oxygen atoms in total. The van der Waals surface area contributed by atoms with E-state index >= 15 is 0 Å². The molecule has 1 heterocycles. The van der Waals surface area contributed by atoms with Crippen molar-refractivity contribution in [1.29, 1.82) is 0 Å². The van der Waals surface area contributed by atoms with E-state index in [1.54, 1.807) is 0 Å². The first-order chi connectivity index (χ1) is 8.68. The van der Waals surface area contributed by atoms with Crippen LogP contribution in [0.4, 0.5) is 0 Å². The minimum atomic E-state index is -0.397. The average Bonchev–Trinajstić information content (AvgIpc) is 2.37. The maximum Gasteiger partial charge on any atom is 0.0911 e. The van der Waals surface area contributed by atoms with E-state index in [0.717, 1.165) is 32.0 Å². The van der Waals surface area contributed by atoms with Gasteiger partial charge >= 0.3 is 0 Å². The fraction of sp³-hybridized carbons (Fsp3) is 1.00. The minimum Gasteiger partial charge on any atom is -0.389 e. The monoisotopic (exact) mass is 258 g/mol. The fourth-order valence-corrected chi connectivity index (χ4v) is 2.16. The number of hydrogen-bond donors (Lipinski definition) is 2. The summed E-state index contributed by atoms with van der Waals surface area (Å²) in [6.07, 6.45) is 5.74. The molecule has 1 aliphatic rings. The standard InChI is InChI=1S/C14H30N2O2/c1-13(2)7-6-10-18-12-14(17)11-15-16-8-4-3-5-9-16/h13-15,17H,3-12H2,1-2H3. The van der Waals surface area contributed by atoms with Crippen LogP contribution in [0.5, 0.6) is 0 Å². The van der Waals surface area contributed by atoms with Crippen molar-refractivity contribution in [2.24, 2.45) is 5.92 Å². The van der Waals surface area contributed by atoms with E-state index in [4.69, 9.17) is 4.74 Å². The van der Waals surface area contributed by atoms with Gasteiger partial charge in [0.2, 0.25) is 0 Å². The third-order valence-corrected chi connectivity index (χ3v) is 3.29. The van der Waals surface area contributed by atoms with Gasteiger partial charge in [0.05, 0.1) is 12.7 Å². The van der Waals surface area contributed by atoms with Crippen molar-refractivity contribution in [1.82, 2.24) is 10.4 Å². The van der Waals surface area contributed by atoms with Crippen LogP contribution < -0.4 is 5.43 Å². The van der Waals surface area contributed by atoms with Gasteiger partial charge in [-0.3, -0.25) is 5.43 Å². The summed E-state index contributed by atoms with van der Waals surface area (Å²) < 4.78 is 5.48. The Morgan fingerprint density at radius 2 is 1.94 bits per heavy atom. The van der Waals surface area contributed by atoms with Crippen molar-refractivity contribution in [3.8, 4) is 0 Å². The summed E-state index contributed by atoms with van der Waals surface area (Å²) in [5, 5.41) is 12.0. The number of piperidine rings is 1. The Morgan fingerprint density at radius 3 is 2.61 bits per heavy atom. The molecule has 1 atom stereocenters. The third-order valence-electron chi connectivity index (χ3n) is 3.29. The van der Waals surface area contributed by atoms with Gasteiger partial charge in [0, 0.05) is 26.2 Å². The van der Waals surface area contributed by atoms with E-state index in [-0.39, 0.29) is 0 Å². The SMILES string of the molecule is CC(C)CCCOCC(O)CNN1CCCCC1. The highest BCUT2D eigenvalue weighted by atomic mass is 16.5. The topological polar surface area (TPSA) is 44.7 Å². The van der Waals surface area contributed by atoms with Crippen LogP contribution in [-0.2, 0) is 4.74 Å². The maximum atomic E-state index is 9.77. The number of nitrogens with one attached hydrogen (secondary N) is 1. The molecule has 0 aliphatic carbocycles. The predicted octanol–water partition coefficient (Wildman–Crippen LogP) is 1.79. The fourth-order valence-electron chi connectivity index (χ4n) is 2.16. The Bertz CT molecular complexity index is 194. The first-order valence-electron chi connectivity index (χ1n) is 7.42. The predicted molar refractivity (Wildman–Crippen MR) is 74.3 cm³/mol. The highest BCUT2D eigenvalue weighted by Gasteiger charge is 2.11. The average molecular weight is 258 g/mol. The molecular formula is C14H30N2O2. The molecule has 0 amide bonds. The Balaban J connectivity index is 1.91. The molecular weight excluding hydrogens is 228 g/mol. The van der Waals surface area contributed by atoms with Gasteiger partial charge in [-0.1, -0.05) is 20.3 Å². The molecule has 1 fully saturated rings. The Hall–Kier alpha value is -0.160. The van der Waals surface area contributed by atoms with Gasteiger partial charge in [0.15, 0.2) is 0 Å². The number of ether oxygens (including phenoxy) is 1. The van der Waals surface area contributed by atoms with Crippen molar-refractivity contribution in [3.63, 3.8) is 0 Å². The molecule has 0 spiro atoms. The second kappa shape index (κ2) is 9.73. The number of hydrogen-bond acceptors (Lipinski definition) is 4. The van der Waals surface area contributed by atoms with Crippen molar-refractivity contribution < 1.29 is 9.84 Å². The number of rotatable bonds is 9. The summed E-state index contributed by atoms with van der Waals surface area (Å²) in [7, 11) is 0. The van der Waals surface area contributed by atoms with Crippen LogP contribution in [0.1, 0.15) is 46.0 Å². The Labute approximate surface area is 112 Å². The zero-order chi connectivity index (χ0) is 13.2. The van der Waals surface area contributed by atoms with Crippen LogP contribution in [-0.4, -0.2) is 49.1 Å². The third kappa shape index (κ3) is 8.03. The largest absolute Gasteiger partial charge is 0.389 e. The van der Waals surface area contributed by atoms with E-state index in [1.165, 1.54) is 25.7 Å². The Morgan fingerprint density at radius 1 is 1.22 bits per heavy atom. The second-order valence-corrected chi connectivity index (χ2v) is 5.67. The first kappa shape index (κ1) is 15.9. The molecule has 108 valence electrons. The van der Waals surface area contributed by atoms with Crippen molar-refractivity contribution in [2.75, 3.05) is 32.8 Å². The lowest BCUT2D eigenvalue weighted by atomic mass is 10.1. The van der Waals surface area contributed by atoms with Crippen molar-refractivity contribution in [3.05, 3.63) is 0 Å². The molecule has 0 aromatic carbocycles. The molecule has 0 aromatic heterocycles. The van der Waals surface area contributed by atoms with E-state index in [9.17, 15) is 5.11 Å². The summed E-state index contributed by atoms with van der Waals surface area (Å²) in [5.74, 6) is 0.735. The number of aliphatic hydroxyl groups excluding tert-OH is 1. The normalized spacial score (nSPS) is 19.3. The number of nitrogens with zero attached hydrogens (tertiary/aromatic N) is 1. The molecule has 0 radical (unpaired) electrons. The second-order valence-electron chi connectivity index (χ2n) is 5.67. The molecule has 2 N–H and O–H groups in total. The van der Waals surface area contributed by atoms with Gasteiger partial charge in [0.1, 0.15) is 0 Å². The molecule has 0 bridgehead atoms. The molecule has 0 aromatic rings. The quantitative estimate of drug-likeness (QED) is 0.619. The maximum absolute atomic E-state index is 9.77. The number of aliphatic hydroxyl groups is 1. The molecule has 1 rings (SSSR count). The molecule has 18 heavy (non-hydrogen) atoms. The molecule has 1 unspecified atom stereocenters. The van der Waals surface area contributed by atoms with Gasteiger partial charge in [-0.15, -0.1) is 0 Å². The van der Waals surface area contributed by atoms with Crippen LogP contribution in [0.15, 0.2) is 0 Å². The van der Waals surface area contributed by atoms with E-state index in [1.807, 2.05) is 0 Å². The van der Waals surface area contributed by atoms with Gasteiger partial charge in [-0.25, -0.2) is 5.01 Å². The highest BCUT2D eigenvalue weighted by molar-refractivity contribution is 4.63. The van der Waals surface area contributed by atoms with Crippen molar-refractivity contribution >= 4 is 0 Å². The van der Waals surface area contributed by atoms with Crippen LogP contribution in [0, 0.1) is 5.92 Å². The summed E-state index contributed by atoms with van der Waals surface area (Å²) >= 11 is 0. The number of hydrazine groups is 1. The highest BCUT2D eigenvalue weighted by Crippen LogP contribution is 2.06. The zero-order valence-electron chi connectivity index (χ0n) is 12.0. The van der Waals surface area contributed by atoms with Crippen LogP contribution >= 0.6 is 0 Å². The van der Waals surface area contributed by atoms with Gasteiger partial charge in [0.25, 0.3) is 0 Å². The van der Waals surface area contributed by atoms with Crippen LogP contribution in [0.25, 0.3) is 0 Å². The zero-order valence-corrected chi connectivity index (χ0v) is 12.0. The lowest BCUT2D eigenvalue weighted by Gasteiger charge is -2.28. The lowest BCUT2D eigenvalue weighted by molar-refractivity contribution is 0.0197. The van der Waals surface area contributed by atoms with Crippen LogP contribution in [0.3, 0.4) is 0 Å². The van der Waals surface area contributed by atoms with E-state index in [2.05, 4.69) is 24.3 Å². The lowest BCUT2D eigenvalue weighted by Crippen LogP contribution is -2.45. The summed E-state index contributed by atoms with van der Waals surface area (Å²) in [6.45, 7) is 8.45. The van der Waals surface area contributed by atoms with Crippen LogP contribution in [0.2, 0.25) is 0 Å². The first-order valence-corrected chi connectivity index (χ1v) is 7.42. The molecule has 1 aliphatic heterocycles. The van der Waals surface area contributed by atoms with E-state index in [0.29, 0.717) is 13.2 Å². The van der Waals surface area contributed by atoms with E-state index < -0.39 is 6.10 Å². The summed E-state index contributed by atoms with van der Waals surface area (Å²) in [6, 6.07) is 0. The Kier molecular flexibility index (Phi) is 8.59. The van der Waals surface area contributed by atoms with Gasteiger partial charge < -0.3 is 9.84 Å². The van der Waals surface area contributed by atoms with Crippen molar-refractivity contribution in [2.45, 2.75) is 52.1 Å². The summed E-state index contributed by atoms with van der Waals surface area (Å²) in [4.78, 5) is 0. The summed E-state index contributed by atoms with van der Waals surface area (Å²) in [5.41, 5.74) is 3.28. The minimum absolute atomic E-state index is 0.397. The molecule has 0 saturated carbocycles. The smallest absolute Gasteiger partial charge is 0.0911 e. The molecule has 4 heteroatoms. The van der Waals surface area contributed by atoms with Gasteiger partial charge in [-0.2, -0.15) is 0 Å². The molecule has 1 saturated heterocycles.